The molecular weight excluding hydrogens is 911 g/mol. The summed E-state index contributed by atoms with van der Waals surface area (Å²) in [5.74, 6) is -3.39. The highest BCUT2D eigenvalue weighted by atomic mass is 16.2. The Bertz CT molecular complexity index is 2530. The second kappa shape index (κ2) is 22.3. The highest BCUT2D eigenvalue weighted by Gasteiger charge is 2.48. The third kappa shape index (κ3) is 12.0. The third-order valence-corrected chi connectivity index (χ3v) is 15.3. The normalized spacial score (nSPS) is 22.4. The van der Waals surface area contributed by atoms with Crippen LogP contribution in [-0.4, -0.2) is 108 Å². The molecule has 4 aliphatic rings. The second-order valence-electron chi connectivity index (χ2n) is 22.5. The first-order valence-corrected chi connectivity index (χ1v) is 25.8. The molecule has 72 heavy (non-hydrogen) atoms. The van der Waals surface area contributed by atoms with Crippen molar-refractivity contribution in [3.05, 3.63) is 100 Å². The molecule has 7 N–H and O–H groups in total. The van der Waals surface area contributed by atoms with Crippen LogP contribution in [0.5, 0.6) is 0 Å². The average molecular weight is 988 g/mol. The van der Waals surface area contributed by atoms with Crippen LogP contribution in [0.25, 0.3) is 0 Å². The van der Waals surface area contributed by atoms with Crippen LogP contribution in [-0.2, 0) is 59.4 Å². The Labute approximate surface area is 425 Å². The van der Waals surface area contributed by atoms with E-state index in [0.29, 0.717) is 5.69 Å². The van der Waals surface area contributed by atoms with Crippen LogP contribution in [0.1, 0.15) is 133 Å². The van der Waals surface area contributed by atoms with Gasteiger partial charge in [0.25, 0.3) is 0 Å². The van der Waals surface area contributed by atoms with Gasteiger partial charge in [-0.1, -0.05) is 96.1 Å². The van der Waals surface area contributed by atoms with Crippen molar-refractivity contribution < 1.29 is 33.6 Å². The second-order valence-corrected chi connectivity index (χ2v) is 22.5. The monoisotopic (exact) mass is 988 g/mol. The average Bonchev–Trinajstić information content (AvgIpc) is 3.81. The lowest BCUT2D eigenvalue weighted by atomic mass is 9.83. The topological polar surface area (TPSA) is 210 Å². The number of hydrogen-bond acceptors (Lipinski definition) is 9. The van der Waals surface area contributed by atoms with E-state index in [0.717, 1.165) is 60.8 Å². The number of carbonyl (C=O) groups excluding carboxylic acids is 7. The maximum atomic E-state index is 15.0. The summed E-state index contributed by atoms with van der Waals surface area (Å²) in [4.78, 5) is 103. The van der Waals surface area contributed by atoms with E-state index in [1.807, 2.05) is 90.1 Å². The number of benzene rings is 3. The van der Waals surface area contributed by atoms with Crippen molar-refractivity contribution in [2.75, 3.05) is 26.0 Å². The predicted molar refractivity (Wildman–Crippen MR) is 277 cm³/mol. The summed E-state index contributed by atoms with van der Waals surface area (Å²) in [6.45, 7) is 14.6. The molecule has 2 aliphatic heterocycles. The van der Waals surface area contributed by atoms with Crippen LogP contribution in [0.3, 0.4) is 0 Å². The van der Waals surface area contributed by atoms with Crippen LogP contribution in [0, 0.1) is 16.7 Å². The number of likely N-dealkylation sites (tertiary alicyclic amines) is 1. The molecule has 3 aromatic carbocycles. The molecule has 0 spiro atoms. The van der Waals surface area contributed by atoms with Crippen molar-refractivity contribution in [1.29, 1.82) is 0 Å². The Hall–Kier alpha value is -6.13. The molecule has 0 bridgehead atoms. The molecule has 2 aliphatic carbocycles. The zero-order valence-electron chi connectivity index (χ0n) is 43.9. The van der Waals surface area contributed by atoms with E-state index < -0.39 is 70.7 Å². The molecule has 1 saturated heterocycles. The number of carbonyl (C=O) groups is 7. The first-order chi connectivity index (χ1) is 34.1. The Morgan fingerprint density at radius 3 is 1.57 bits per heavy atom. The SMILES string of the molecule is CNC(C)C(=O)NC(C(=O)N1Cc2cc(NC(=O)C3CC(C(=O)NC4CCCc5ccccc54)N(C(=O)C(NC(=O)C(C)NC)C(C)(C)C)C3)ccc2CC1C(=O)NC1CCCc2ccccc21)C(C)(C)C. The standard InChI is InChI=1S/C56H77N9O7/c1-32(57-9)48(66)62-46(55(3,4)5)53(71)64-30-37-27-39(26-25-36(37)28-44(64)51(69)60-42-23-15-19-34-17-11-13-21-40(34)42)59-50(68)38-29-45(52(70)61-43-24-16-20-35-18-12-14-22-41(35)43)65(31-38)54(72)47(56(6,7)8)63-49(67)33(2)58-10/h11-14,17-18,21-22,25-27,32-33,38,42-47,57-58H,15-16,19-20,23-24,28-31H2,1-10H3,(H,59,68)(H,60,69)(H,61,70)(H,62,66)(H,63,67). The molecule has 3 aromatic rings. The smallest absolute Gasteiger partial charge is 0.246 e. The highest BCUT2D eigenvalue weighted by Crippen LogP contribution is 2.36. The lowest BCUT2D eigenvalue weighted by molar-refractivity contribution is -0.147. The van der Waals surface area contributed by atoms with Crippen LogP contribution in [0.4, 0.5) is 5.69 Å². The number of hydrogen-bond donors (Lipinski definition) is 7. The molecule has 0 radical (unpaired) electrons. The van der Waals surface area contributed by atoms with E-state index in [9.17, 15) is 33.6 Å². The minimum atomic E-state index is -0.998. The summed E-state index contributed by atoms with van der Waals surface area (Å²) in [5, 5.41) is 21.3. The molecule has 1 fully saturated rings. The molecule has 7 amide bonds. The van der Waals surface area contributed by atoms with Crippen molar-refractivity contribution in [1.82, 2.24) is 41.7 Å². The molecular formula is C56H77N9O7. The quantitative estimate of drug-likeness (QED) is 0.119. The maximum absolute atomic E-state index is 15.0. The minimum Gasteiger partial charge on any atom is -0.347 e. The maximum Gasteiger partial charge on any atom is 0.246 e. The summed E-state index contributed by atoms with van der Waals surface area (Å²) < 4.78 is 0. The fourth-order valence-corrected chi connectivity index (χ4v) is 10.7. The van der Waals surface area contributed by atoms with E-state index in [1.165, 1.54) is 16.0 Å². The summed E-state index contributed by atoms with van der Waals surface area (Å²) in [6, 6.07) is 16.1. The van der Waals surface area contributed by atoms with Crippen molar-refractivity contribution in [2.45, 2.75) is 162 Å². The number of amides is 7. The number of nitrogens with one attached hydrogen (secondary N) is 7. The lowest BCUT2D eigenvalue weighted by Gasteiger charge is -2.42. The molecule has 388 valence electrons. The number of likely N-dealkylation sites (N-methyl/N-ethyl adjacent to an activating group) is 2. The number of anilines is 1. The zero-order valence-corrected chi connectivity index (χ0v) is 43.9. The fraction of sp³-hybridized carbons (Fsp3) is 0.554. The molecule has 9 unspecified atom stereocenters. The summed E-state index contributed by atoms with van der Waals surface area (Å²) in [7, 11) is 3.33. The first-order valence-electron chi connectivity index (χ1n) is 25.8. The molecule has 9 atom stereocenters. The van der Waals surface area contributed by atoms with Crippen LogP contribution in [0.2, 0.25) is 0 Å². The van der Waals surface area contributed by atoms with Crippen LogP contribution < -0.4 is 37.2 Å². The molecule has 0 aromatic heterocycles. The van der Waals surface area contributed by atoms with Gasteiger partial charge < -0.3 is 47.0 Å². The summed E-state index contributed by atoms with van der Waals surface area (Å²) in [6.07, 6.45) is 5.40. The van der Waals surface area contributed by atoms with Gasteiger partial charge in [-0.2, -0.15) is 0 Å². The van der Waals surface area contributed by atoms with Crippen LogP contribution >= 0.6 is 0 Å². The Balaban J connectivity index is 1.16. The van der Waals surface area contributed by atoms with Crippen molar-refractivity contribution in [2.24, 2.45) is 16.7 Å². The van der Waals surface area contributed by atoms with Crippen molar-refractivity contribution in [3.63, 3.8) is 0 Å². The van der Waals surface area contributed by atoms with Crippen LogP contribution in [0.15, 0.2) is 66.7 Å². The third-order valence-electron chi connectivity index (χ3n) is 15.3. The zero-order chi connectivity index (χ0) is 52.2. The van der Waals surface area contributed by atoms with Gasteiger partial charge in [0.05, 0.1) is 30.1 Å². The van der Waals surface area contributed by atoms with E-state index in [2.05, 4.69) is 49.4 Å². The molecule has 0 saturated carbocycles. The van der Waals surface area contributed by atoms with E-state index >= 15 is 0 Å². The Morgan fingerprint density at radius 1 is 0.583 bits per heavy atom. The minimum absolute atomic E-state index is 0.0333. The molecule has 16 nitrogen and oxygen atoms in total. The Morgan fingerprint density at radius 2 is 1.07 bits per heavy atom. The summed E-state index contributed by atoms with van der Waals surface area (Å²) >= 11 is 0. The largest absolute Gasteiger partial charge is 0.347 e. The van der Waals surface area contributed by atoms with Crippen molar-refractivity contribution >= 4 is 47.0 Å². The van der Waals surface area contributed by atoms with Gasteiger partial charge in [-0.05, 0) is 129 Å². The first kappa shape index (κ1) is 53.7. The van der Waals surface area contributed by atoms with Gasteiger partial charge in [-0.3, -0.25) is 33.6 Å². The van der Waals surface area contributed by atoms with Gasteiger partial charge >= 0.3 is 0 Å². The number of rotatable bonds is 14. The molecule has 7 rings (SSSR count). The predicted octanol–water partition coefficient (Wildman–Crippen LogP) is 4.76. The van der Waals surface area contributed by atoms with Gasteiger partial charge in [0, 0.05) is 25.2 Å². The van der Waals surface area contributed by atoms with Gasteiger partial charge in [0.1, 0.15) is 24.2 Å². The van der Waals surface area contributed by atoms with Gasteiger partial charge in [0.2, 0.25) is 41.4 Å². The number of aryl methyl sites for hydroxylation is 2. The van der Waals surface area contributed by atoms with E-state index in [1.54, 1.807) is 38.9 Å². The van der Waals surface area contributed by atoms with Gasteiger partial charge in [0.15, 0.2) is 0 Å². The van der Waals surface area contributed by atoms with E-state index in [-0.39, 0.29) is 61.6 Å². The van der Waals surface area contributed by atoms with E-state index in [4.69, 9.17) is 0 Å². The highest BCUT2D eigenvalue weighted by molar-refractivity contribution is 5.98. The number of fused-ring (bicyclic) bond motifs is 3. The molecule has 16 heteroatoms. The number of nitrogens with zero attached hydrogens (tertiary/aromatic N) is 2. The summed E-state index contributed by atoms with van der Waals surface area (Å²) in [5.41, 5.74) is 5.01. The Kier molecular flexibility index (Phi) is 16.6. The van der Waals surface area contributed by atoms with Crippen molar-refractivity contribution in [3.8, 4) is 0 Å². The molecule has 2 heterocycles. The fourth-order valence-electron chi connectivity index (χ4n) is 10.7. The van der Waals surface area contributed by atoms with Gasteiger partial charge in [-0.15, -0.1) is 0 Å². The lowest BCUT2D eigenvalue weighted by Crippen LogP contribution is -2.62. The van der Waals surface area contributed by atoms with Gasteiger partial charge in [-0.25, -0.2) is 0 Å².